The van der Waals surface area contributed by atoms with E-state index in [1.165, 1.54) is 0 Å². The Morgan fingerprint density at radius 1 is 1.10 bits per heavy atom. The van der Waals surface area contributed by atoms with E-state index < -0.39 is 5.60 Å². The predicted molar refractivity (Wildman–Crippen MR) is 85.0 cm³/mol. The first kappa shape index (κ1) is 19.2. The van der Waals surface area contributed by atoms with Crippen molar-refractivity contribution >= 4 is 6.09 Å². The molecule has 0 aromatic carbocycles. The van der Waals surface area contributed by atoms with Crippen molar-refractivity contribution in [3.8, 4) is 0 Å². The normalized spacial score (nSPS) is 14.3. The molecule has 0 aromatic heterocycles. The van der Waals surface area contributed by atoms with Crippen LogP contribution in [-0.4, -0.2) is 41.3 Å². The van der Waals surface area contributed by atoms with Crippen molar-refractivity contribution in [2.45, 2.75) is 79.5 Å². The van der Waals surface area contributed by atoms with Crippen LogP contribution in [0.4, 0.5) is 4.79 Å². The van der Waals surface area contributed by atoms with Gasteiger partial charge in [0.1, 0.15) is 5.60 Å². The van der Waals surface area contributed by atoms with Crippen LogP contribution in [0.15, 0.2) is 0 Å². The quantitative estimate of drug-likeness (QED) is 0.838. The van der Waals surface area contributed by atoms with E-state index in [0.29, 0.717) is 18.5 Å². The smallest absolute Gasteiger partial charge is 0.410 e. The Bertz CT molecular complexity index is 301. The Hall–Kier alpha value is -0.770. The van der Waals surface area contributed by atoms with Crippen LogP contribution in [0.5, 0.6) is 0 Å². The number of nitrogens with zero attached hydrogens (tertiary/aromatic N) is 1. The van der Waals surface area contributed by atoms with Crippen LogP contribution in [0.25, 0.3) is 0 Å². The first-order chi connectivity index (χ1) is 8.84. The molecule has 0 aliphatic rings. The maximum Gasteiger partial charge on any atom is 0.410 e. The highest BCUT2D eigenvalue weighted by Crippen LogP contribution is 2.18. The Morgan fingerprint density at radius 2 is 1.60 bits per heavy atom. The van der Waals surface area contributed by atoms with Crippen molar-refractivity contribution in [3.63, 3.8) is 0 Å². The van der Waals surface area contributed by atoms with Crippen molar-refractivity contribution in [3.05, 3.63) is 0 Å². The monoisotopic (exact) mass is 286 g/mol. The van der Waals surface area contributed by atoms with E-state index in [4.69, 9.17) is 4.74 Å². The van der Waals surface area contributed by atoms with Gasteiger partial charge in [0.25, 0.3) is 0 Å². The zero-order chi connectivity index (χ0) is 16.1. The van der Waals surface area contributed by atoms with Crippen molar-refractivity contribution in [2.75, 3.05) is 13.1 Å². The van der Waals surface area contributed by atoms with Gasteiger partial charge in [-0.2, -0.15) is 0 Å². The van der Waals surface area contributed by atoms with Gasteiger partial charge in [-0.05, 0) is 54.4 Å². The molecule has 1 amide bonds. The van der Waals surface area contributed by atoms with Gasteiger partial charge >= 0.3 is 6.09 Å². The summed E-state index contributed by atoms with van der Waals surface area (Å²) < 4.78 is 5.49. The lowest BCUT2D eigenvalue weighted by atomic mass is 10.1. The minimum atomic E-state index is -0.459. The first-order valence-corrected chi connectivity index (χ1v) is 7.58. The topological polar surface area (TPSA) is 41.6 Å². The van der Waals surface area contributed by atoms with E-state index in [9.17, 15) is 4.79 Å². The molecule has 4 heteroatoms. The molecule has 0 radical (unpaired) electrons. The summed E-state index contributed by atoms with van der Waals surface area (Å²) in [6.07, 6.45) is -0.246. The third-order valence-electron chi connectivity index (χ3n) is 3.23. The van der Waals surface area contributed by atoms with Crippen LogP contribution in [0.2, 0.25) is 0 Å². The second-order valence-corrected chi connectivity index (χ2v) is 7.79. The minimum Gasteiger partial charge on any atom is -0.444 e. The largest absolute Gasteiger partial charge is 0.444 e. The number of amides is 1. The van der Waals surface area contributed by atoms with Crippen molar-refractivity contribution in [2.24, 2.45) is 5.92 Å². The number of carbonyl (C=O) groups excluding carboxylic acids is 1. The molecule has 20 heavy (non-hydrogen) atoms. The van der Waals surface area contributed by atoms with Gasteiger partial charge in [0, 0.05) is 24.7 Å². The van der Waals surface area contributed by atoms with Crippen molar-refractivity contribution in [1.82, 2.24) is 10.2 Å². The van der Waals surface area contributed by atoms with Gasteiger partial charge in [0.05, 0.1) is 0 Å². The molecule has 4 nitrogen and oxygen atoms in total. The molecule has 1 unspecified atom stereocenters. The van der Waals surface area contributed by atoms with Crippen LogP contribution in [0, 0.1) is 5.92 Å². The van der Waals surface area contributed by atoms with E-state index in [1.807, 2.05) is 41.5 Å². The molecule has 0 spiro atoms. The maximum absolute atomic E-state index is 12.3. The fraction of sp³-hybridized carbons (Fsp3) is 0.938. The van der Waals surface area contributed by atoms with Gasteiger partial charge in [-0.3, -0.25) is 0 Å². The highest BCUT2D eigenvalue weighted by Gasteiger charge is 2.30. The summed E-state index contributed by atoms with van der Waals surface area (Å²) in [5.74, 6) is 0.583. The number of ether oxygens (including phenoxy) is 1. The summed E-state index contributed by atoms with van der Waals surface area (Å²) in [4.78, 5) is 14.1. The summed E-state index contributed by atoms with van der Waals surface area (Å²) in [6, 6.07) is 0.440. The van der Waals surface area contributed by atoms with Gasteiger partial charge in [-0.25, -0.2) is 4.79 Å². The van der Waals surface area contributed by atoms with Crippen LogP contribution in [0.3, 0.4) is 0 Å². The average Bonchev–Trinajstić information content (AvgIpc) is 2.18. The Balaban J connectivity index is 4.57. The fourth-order valence-corrected chi connectivity index (χ4v) is 1.66. The highest BCUT2D eigenvalue weighted by molar-refractivity contribution is 5.69. The SMILES string of the molecule is CC(C)C(C)NCCN(C(=O)OC(C)(C)C)C(C)(C)C. The van der Waals surface area contributed by atoms with Crippen LogP contribution in [-0.2, 0) is 4.74 Å². The van der Waals surface area contributed by atoms with Gasteiger partial charge in [0.2, 0.25) is 0 Å². The minimum absolute atomic E-state index is 0.245. The lowest BCUT2D eigenvalue weighted by Gasteiger charge is -2.37. The molecule has 1 atom stereocenters. The predicted octanol–water partition coefficient (Wildman–Crippen LogP) is 3.66. The van der Waals surface area contributed by atoms with Crippen molar-refractivity contribution < 1.29 is 9.53 Å². The molecule has 0 aliphatic carbocycles. The number of carbonyl (C=O) groups is 1. The number of hydrogen-bond acceptors (Lipinski definition) is 3. The molecule has 0 saturated heterocycles. The summed E-state index contributed by atoms with van der Waals surface area (Å²) in [5, 5.41) is 3.45. The maximum atomic E-state index is 12.3. The van der Waals surface area contributed by atoms with Crippen LogP contribution >= 0.6 is 0 Å². The molecular weight excluding hydrogens is 252 g/mol. The van der Waals surface area contributed by atoms with Gasteiger partial charge in [-0.1, -0.05) is 13.8 Å². The molecule has 0 aliphatic heterocycles. The number of rotatable bonds is 5. The Morgan fingerprint density at radius 3 is 1.95 bits per heavy atom. The lowest BCUT2D eigenvalue weighted by Crippen LogP contribution is -2.51. The van der Waals surface area contributed by atoms with E-state index in [1.54, 1.807) is 4.90 Å². The summed E-state index contributed by atoms with van der Waals surface area (Å²) in [5.41, 5.74) is -0.704. The van der Waals surface area contributed by atoms with E-state index in [-0.39, 0.29) is 11.6 Å². The first-order valence-electron chi connectivity index (χ1n) is 7.58. The third-order valence-corrected chi connectivity index (χ3v) is 3.23. The fourth-order valence-electron chi connectivity index (χ4n) is 1.66. The average molecular weight is 286 g/mol. The van der Waals surface area contributed by atoms with E-state index in [0.717, 1.165) is 6.54 Å². The van der Waals surface area contributed by atoms with E-state index in [2.05, 4.69) is 26.1 Å². The zero-order valence-electron chi connectivity index (χ0n) is 14.8. The van der Waals surface area contributed by atoms with Crippen LogP contribution < -0.4 is 5.32 Å². The molecule has 120 valence electrons. The number of hydrogen-bond donors (Lipinski definition) is 1. The molecule has 0 aromatic rings. The summed E-state index contributed by atoms with van der Waals surface area (Å²) in [7, 11) is 0. The summed E-state index contributed by atoms with van der Waals surface area (Å²) >= 11 is 0. The molecule has 0 rings (SSSR count). The number of nitrogens with one attached hydrogen (secondary N) is 1. The Labute approximate surface area is 125 Å². The van der Waals surface area contributed by atoms with E-state index >= 15 is 0 Å². The summed E-state index contributed by atoms with van der Waals surface area (Å²) in [6.45, 7) is 19.7. The second-order valence-electron chi connectivity index (χ2n) is 7.79. The molecule has 0 bridgehead atoms. The standard InChI is InChI=1S/C16H34N2O2/c1-12(2)13(3)17-10-11-18(15(4,5)6)14(19)20-16(7,8)9/h12-13,17H,10-11H2,1-9H3. The lowest BCUT2D eigenvalue weighted by molar-refractivity contribution is 0.00642. The van der Waals surface area contributed by atoms with Gasteiger partial charge in [0.15, 0.2) is 0 Å². The molecule has 1 N–H and O–H groups in total. The molecule has 0 fully saturated rings. The Kier molecular flexibility index (Phi) is 7.02. The highest BCUT2D eigenvalue weighted by atomic mass is 16.6. The zero-order valence-corrected chi connectivity index (χ0v) is 14.8. The van der Waals surface area contributed by atoms with Crippen molar-refractivity contribution in [1.29, 1.82) is 0 Å². The third kappa shape index (κ3) is 7.73. The molecule has 0 heterocycles. The van der Waals surface area contributed by atoms with Crippen LogP contribution in [0.1, 0.15) is 62.3 Å². The second kappa shape index (κ2) is 7.30. The van der Waals surface area contributed by atoms with Gasteiger partial charge in [-0.15, -0.1) is 0 Å². The molecular formula is C16H34N2O2. The van der Waals surface area contributed by atoms with Gasteiger partial charge < -0.3 is 15.0 Å². The molecule has 0 saturated carbocycles.